The molecule has 1 aromatic carbocycles. The molecule has 1 fully saturated rings. The molecule has 33 heavy (non-hydrogen) atoms. The summed E-state index contributed by atoms with van der Waals surface area (Å²) in [5, 5.41) is 10.6. The summed E-state index contributed by atoms with van der Waals surface area (Å²) in [6, 6.07) is 6.90. The maximum Gasteiger partial charge on any atom is 0.417 e. The van der Waals surface area contributed by atoms with Gasteiger partial charge in [0.25, 0.3) is 0 Å². The van der Waals surface area contributed by atoms with E-state index >= 15 is 0 Å². The lowest BCUT2D eigenvalue weighted by atomic mass is 10.2. The highest BCUT2D eigenvalue weighted by molar-refractivity contribution is 8.00. The van der Waals surface area contributed by atoms with Gasteiger partial charge < -0.3 is 14.6 Å². The minimum atomic E-state index is -4.62. The molecule has 7 nitrogen and oxygen atoms in total. The SMILES string of the molecule is CC(Sc1nnc(N2CCCC2)n1Cc1ccco1)C(=O)Nc1ccc(Cl)c(C(F)(F)F)c1. The van der Waals surface area contributed by atoms with E-state index in [1.165, 1.54) is 17.8 Å². The number of aromatic nitrogens is 3. The van der Waals surface area contributed by atoms with Crippen molar-refractivity contribution in [2.75, 3.05) is 23.3 Å². The van der Waals surface area contributed by atoms with E-state index < -0.39 is 27.9 Å². The van der Waals surface area contributed by atoms with Gasteiger partial charge in [0.2, 0.25) is 11.9 Å². The van der Waals surface area contributed by atoms with Crippen LogP contribution in [0.1, 0.15) is 31.1 Å². The molecule has 1 aliphatic rings. The third-order valence-corrected chi connectivity index (χ3v) is 6.58. The second-order valence-corrected chi connectivity index (χ2v) is 9.30. The lowest BCUT2D eigenvalue weighted by Gasteiger charge is -2.18. The molecule has 1 saturated heterocycles. The van der Waals surface area contributed by atoms with Crippen molar-refractivity contribution >= 4 is 40.9 Å². The number of nitrogens with zero attached hydrogens (tertiary/aromatic N) is 4. The zero-order valence-corrected chi connectivity index (χ0v) is 19.2. The van der Waals surface area contributed by atoms with Crippen LogP contribution in [0.5, 0.6) is 0 Å². The predicted octanol–water partition coefficient (Wildman–Crippen LogP) is 5.31. The van der Waals surface area contributed by atoms with Crippen LogP contribution in [0.15, 0.2) is 46.2 Å². The van der Waals surface area contributed by atoms with Gasteiger partial charge in [0, 0.05) is 18.8 Å². The number of rotatable bonds is 7. The topological polar surface area (TPSA) is 76.2 Å². The first-order chi connectivity index (χ1) is 15.7. The van der Waals surface area contributed by atoms with Gasteiger partial charge in [0.15, 0.2) is 5.16 Å². The Morgan fingerprint density at radius 1 is 1.27 bits per heavy atom. The van der Waals surface area contributed by atoms with Gasteiger partial charge in [-0.25, -0.2) is 0 Å². The van der Waals surface area contributed by atoms with Crippen molar-refractivity contribution in [3.8, 4) is 0 Å². The highest BCUT2D eigenvalue weighted by Crippen LogP contribution is 2.36. The highest BCUT2D eigenvalue weighted by Gasteiger charge is 2.33. The molecule has 1 unspecified atom stereocenters. The third-order valence-electron chi connectivity index (χ3n) is 5.17. The standard InChI is InChI=1S/C21H21ClF3N5O2S/c1-13(18(31)26-14-6-7-17(22)16(11-14)21(23,24)25)33-20-28-27-19(29-8-2-3-9-29)30(20)12-15-5-4-10-32-15/h4-7,10-11,13H,2-3,8-9,12H2,1H3,(H,26,31). The van der Waals surface area contributed by atoms with Crippen LogP contribution in [0.25, 0.3) is 0 Å². The number of hydrogen-bond donors (Lipinski definition) is 1. The maximum absolute atomic E-state index is 13.1. The molecular weight excluding hydrogens is 479 g/mol. The summed E-state index contributed by atoms with van der Waals surface area (Å²) in [6.45, 7) is 3.79. The molecule has 0 radical (unpaired) electrons. The number of benzene rings is 1. The monoisotopic (exact) mass is 499 g/mol. The molecule has 3 heterocycles. The first-order valence-corrected chi connectivity index (χ1v) is 11.5. The average molecular weight is 500 g/mol. The Hall–Kier alpha value is -2.66. The van der Waals surface area contributed by atoms with Crippen LogP contribution >= 0.6 is 23.4 Å². The summed E-state index contributed by atoms with van der Waals surface area (Å²) in [4.78, 5) is 14.9. The van der Waals surface area contributed by atoms with Gasteiger partial charge in [-0.3, -0.25) is 9.36 Å². The predicted molar refractivity (Wildman–Crippen MR) is 120 cm³/mol. The molecule has 12 heteroatoms. The Morgan fingerprint density at radius 2 is 2.03 bits per heavy atom. The van der Waals surface area contributed by atoms with Gasteiger partial charge in [-0.1, -0.05) is 23.4 Å². The van der Waals surface area contributed by atoms with E-state index in [0.717, 1.165) is 43.8 Å². The number of nitrogens with one attached hydrogen (secondary N) is 1. The number of carbonyl (C=O) groups is 1. The molecule has 1 N–H and O–H groups in total. The number of halogens is 4. The van der Waals surface area contributed by atoms with Crippen molar-refractivity contribution in [2.24, 2.45) is 0 Å². The minimum Gasteiger partial charge on any atom is -0.467 e. The van der Waals surface area contributed by atoms with Gasteiger partial charge in [-0.2, -0.15) is 13.2 Å². The second-order valence-electron chi connectivity index (χ2n) is 7.58. The molecular formula is C21H21ClF3N5O2S. The summed E-state index contributed by atoms with van der Waals surface area (Å²) < 4.78 is 46.7. The lowest BCUT2D eigenvalue weighted by Crippen LogP contribution is -2.24. The fourth-order valence-corrected chi connectivity index (χ4v) is 4.56. The Labute approximate surface area is 197 Å². The van der Waals surface area contributed by atoms with Gasteiger partial charge in [0.1, 0.15) is 5.76 Å². The van der Waals surface area contributed by atoms with Crippen LogP contribution in [0, 0.1) is 0 Å². The van der Waals surface area contributed by atoms with Gasteiger partial charge >= 0.3 is 6.18 Å². The van der Waals surface area contributed by atoms with E-state index in [0.29, 0.717) is 17.6 Å². The molecule has 0 spiro atoms. The zero-order valence-electron chi connectivity index (χ0n) is 17.6. The van der Waals surface area contributed by atoms with E-state index in [9.17, 15) is 18.0 Å². The maximum atomic E-state index is 13.1. The normalized spacial score (nSPS) is 15.1. The number of anilines is 2. The van der Waals surface area contributed by atoms with Crippen molar-refractivity contribution < 1.29 is 22.4 Å². The number of furan rings is 1. The number of amides is 1. The van der Waals surface area contributed by atoms with Crippen LogP contribution in [-0.4, -0.2) is 39.0 Å². The van der Waals surface area contributed by atoms with Gasteiger partial charge in [-0.05, 0) is 50.1 Å². The van der Waals surface area contributed by atoms with Crippen LogP contribution < -0.4 is 10.2 Å². The Bertz CT molecular complexity index is 1110. The van der Waals surface area contributed by atoms with E-state index in [1.807, 2.05) is 10.6 Å². The Balaban J connectivity index is 1.51. The van der Waals surface area contributed by atoms with Crippen LogP contribution in [0.4, 0.5) is 24.8 Å². The Morgan fingerprint density at radius 3 is 2.70 bits per heavy atom. The highest BCUT2D eigenvalue weighted by atomic mass is 35.5. The first-order valence-electron chi connectivity index (χ1n) is 10.3. The van der Waals surface area contributed by atoms with Crippen molar-refractivity contribution in [1.82, 2.24) is 14.8 Å². The molecule has 0 aliphatic carbocycles. The van der Waals surface area contributed by atoms with E-state index in [2.05, 4.69) is 20.4 Å². The number of thioether (sulfide) groups is 1. The van der Waals surface area contributed by atoms with E-state index in [1.54, 1.807) is 19.3 Å². The van der Waals surface area contributed by atoms with Crippen molar-refractivity contribution in [1.29, 1.82) is 0 Å². The molecule has 3 aromatic rings. The lowest BCUT2D eigenvalue weighted by molar-refractivity contribution is -0.137. The summed E-state index contributed by atoms with van der Waals surface area (Å²) in [6.07, 6.45) is -0.905. The second kappa shape index (κ2) is 9.68. The number of alkyl halides is 3. The molecule has 2 aromatic heterocycles. The van der Waals surface area contributed by atoms with Crippen molar-refractivity contribution in [3.63, 3.8) is 0 Å². The fraction of sp³-hybridized carbons (Fsp3) is 0.381. The molecule has 1 atom stereocenters. The molecule has 0 saturated carbocycles. The van der Waals surface area contributed by atoms with Crippen molar-refractivity contribution in [2.45, 2.75) is 42.9 Å². The average Bonchev–Trinajstić information content (AvgIpc) is 3.52. The number of hydrogen-bond acceptors (Lipinski definition) is 6. The zero-order chi connectivity index (χ0) is 23.6. The van der Waals surface area contributed by atoms with Gasteiger partial charge in [-0.15, -0.1) is 10.2 Å². The van der Waals surface area contributed by atoms with Crippen LogP contribution in [0.2, 0.25) is 5.02 Å². The van der Waals surface area contributed by atoms with E-state index in [4.69, 9.17) is 16.0 Å². The molecule has 0 bridgehead atoms. The van der Waals surface area contributed by atoms with Crippen LogP contribution in [0.3, 0.4) is 0 Å². The molecule has 4 rings (SSSR count). The smallest absolute Gasteiger partial charge is 0.417 e. The van der Waals surface area contributed by atoms with Crippen LogP contribution in [-0.2, 0) is 17.5 Å². The van der Waals surface area contributed by atoms with Crippen molar-refractivity contribution in [3.05, 3.63) is 52.9 Å². The largest absolute Gasteiger partial charge is 0.467 e. The van der Waals surface area contributed by atoms with E-state index in [-0.39, 0.29) is 5.69 Å². The molecule has 1 amide bonds. The summed E-state index contributed by atoms with van der Waals surface area (Å²) in [5.74, 6) is 0.951. The minimum absolute atomic E-state index is 0.0129. The fourth-order valence-electron chi connectivity index (χ4n) is 3.49. The third kappa shape index (κ3) is 5.47. The summed E-state index contributed by atoms with van der Waals surface area (Å²) in [7, 11) is 0. The first kappa shape index (κ1) is 23.5. The molecule has 176 valence electrons. The summed E-state index contributed by atoms with van der Waals surface area (Å²) >= 11 is 6.83. The number of carbonyl (C=O) groups excluding carboxylic acids is 1. The molecule has 1 aliphatic heterocycles. The Kier molecular flexibility index (Phi) is 6.89. The quantitative estimate of drug-likeness (QED) is 0.444. The van der Waals surface area contributed by atoms with Gasteiger partial charge in [0.05, 0.1) is 28.6 Å². The summed E-state index contributed by atoms with van der Waals surface area (Å²) in [5.41, 5.74) is -0.991.